The summed E-state index contributed by atoms with van der Waals surface area (Å²) in [5.41, 5.74) is 0. The van der Waals surface area contributed by atoms with Gasteiger partial charge >= 0.3 is 0 Å². The van der Waals surface area contributed by atoms with Gasteiger partial charge in [0.1, 0.15) is 10.7 Å². The molecule has 2 heterocycles. The molecule has 0 N–H and O–H groups in total. The van der Waals surface area contributed by atoms with Crippen LogP contribution in [0.4, 0.5) is 4.39 Å². The summed E-state index contributed by atoms with van der Waals surface area (Å²) in [5.74, 6) is -0.325. The minimum Gasteiger partial charge on any atom is -0.338 e. The molecule has 0 radical (unpaired) electrons. The van der Waals surface area contributed by atoms with Crippen molar-refractivity contribution < 1.29 is 9.18 Å². The van der Waals surface area contributed by atoms with Gasteiger partial charge in [-0.15, -0.1) is 11.3 Å². The Kier molecular flexibility index (Phi) is 3.46. The molecular formula is C14H13ClFNOS. The molecule has 0 unspecified atom stereocenters. The van der Waals surface area contributed by atoms with Crippen molar-refractivity contribution in [3.63, 3.8) is 0 Å². The number of hydrogen-bond donors (Lipinski definition) is 0. The first kappa shape index (κ1) is 12.9. The molecule has 0 atom stereocenters. The van der Waals surface area contributed by atoms with Crippen molar-refractivity contribution in [3.8, 4) is 0 Å². The number of rotatable bonds is 1. The molecule has 2 aromatic rings. The molecule has 1 aromatic heterocycles. The largest absolute Gasteiger partial charge is 0.338 e. The quantitative estimate of drug-likeness (QED) is 0.767. The van der Waals surface area contributed by atoms with Crippen LogP contribution in [-0.2, 0) is 0 Å². The van der Waals surface area contributed by atoms with Gasteiger partial charge in [0.2, 0.25) is 0 Å². The smallest absolute Gasteiger partial charge is 0.265 e. The van der Waals surface area contributed by atoms with Crippen LogP contribution in [-0.4, -0.2) is 23.9 Å². The minimum absolute atomic E-state index is 0.0219. The summed E-state index contributed by atoms with van der Waals surface area (Å²) in [4.78, 5) is 14.8. The van der Waals surface area contributed by atoms with Crippen molar-refractivity contribution in [3.05, 3.63) is 33.9 Å². The van der Waals surface area contributed by atoms with Gasteiger partial charge in [-0.05, 0) is 37.5 Å². The minimum atomic E-state index is -0.303. The van der Waals surface area contributed by atoms with Crippen molar-refractivity contribution in [2.75, 3.05) is 13.1 Å². The van der Waals surface area contributed by atoms with Gasteiger partial charge < -0.3 is 4.90 Å². The zero-order valence-corrected chi connectivity index (χ0v) is 11.9. The van der Waals surface area contributed by atoms with Gasteiger partial charge in [-0.1, -0.05) is 11.6 Å². The number of carbonyl (C=O) groups excluding carboxylic acids is 1. The lowest BCUT2D eigenvalue weighted by atomic mass is 10.1. The molecule has 0 spiro atoms. The second kappa shape index (κ2) is 5.10. The summed E-state index contributed by atoms with van der Waals surface area (Å²) in [6.07, 6.45) is 3.26. The Morgan fingerprint density at radius 3 is 2.74 bits per heavy atom. The average Bonchev–Trinajstić information content (AvgIpc) is 2.75. The fourth-order valence-electron chi connectivity index (χ4n) is 2.42. The molecule has 19 heavy (non-hydrogen) atoms. The first-order valence-corrected chi connectivity index (χ1v) is 7.53. The molecule has 0 saturated carbocycles. The number of piperidine rings is 1. The summed E-state index contributed by atoms with van der Waals surface area (Å²) in [5, 5.41) is 1.21. The second-order valence-corrected chi connectivity index (χ2v) is 6.17. The van der Waals surface area contributed by atoms with Gasteiger partial charge in [-0.3, -0.25) is 4.79 Å². The van der Waals surface area contributed by atoms with E-state index in [1.807, 2.05) is 4.90 Å². The Balaban J connectivity index is 2.00. The molecule has 1 aromatic carbocycles. The number of amides is 1. The van der Waals surface area contributed by atoms with E-state index in [0.29, 0.717) is 9.90 Å². The summed E-state index contributed by atoms with van der Waals surface area (Å²) in [6.45, 7) is 1.58. The number of likely N-dealkylation sites (tertiary alicyclic amines) is 1. The average molecular weight is 298 g/mol. The molecule has 5 heteroatoms. The Bertz CT molecular complexity index is 634. The molecule has 1 saturated heterocycles. The Labute approximate surface area is 119 Å². The third-order valence-corrected chi connectivity index (χ3v) is 5.07. The molecule has 1 amide bonds. The van der Waals surface area contributed by atoms with E-state index in [1.165, 1.54) is 29.9 Å². The van der Waals surface area contributed by atoms with Crippen LogP contribution in [0.15, 0.2) is 18.2 Å². The van der Waals surface area contributed by atoms with Crippen LogP contribution in [0.25, 0.3) is 10.1 Å². The number of benzene rings is 1. The predicted octanol–water partition coefficient (Wildman–Crippen LogP) is 4.32. The highest BCUT2D eigenvalue weighted by atomic mass is 35.5. The van der Waals surface area contributed by atoms with E-state index in [4.69, 9.17) is 11.6 Å². The van der Waals surface area contributed by atoms with Crippen molar-refractivity contribution in [2.45, 2.75) is 19.3 Å². The van der Waals surface area contributed by atoms with Gasteiger partial charge in [0, 0.05) is 23.2 Å². The molecule has 3 rings (SSSR count). The molecule has 1 fully saturated rings. The fraction of sp³-hybridized carbons (Fsp3) is 0.357. The molecule has 1 aliphatic heterocycles. The number of halogens is 2. The highest BCUT2D eigenvalue weighted by Crippen LogP contribution is 2.36. The summed E-state index contributed by atoms with van der Waals surface area (Å²) in [6, 6.07) is 4.44. The van der Waals surface area contributed by atoms with Gasteiger partial charge in [0.25, 0.3) is 5.91 Å². The van der Waals surface area contributed by atoms with Crippen LogP contribution in [0.5, 0.6) is 0 Å². The zero-order valence-electron chi connectivity index (χ0n) is 10.3. The lowest BCUT2D eigenvalue weighted by Gasteiger charge is -2.26. The molecule has 1 aliphatic rings. The monoisotopic (exact) mass is 297 g/mol. The number of nitrogens with zero attached hydrogens (tertiary/aromatic N) is 1. The van der Waals surface area contributed by atoms with Crippen LogP contribution in [0, 0.1) is 5.82 Å². The van der Waals surface area contributed by atoms with Gasteiger partial charge in [-0.2, -0.15) is 0 Å². The van der Waals surface area contributed by atoms with Gasteiger partial charge in [0.15, 0.2) is 0 Å². The van der Waals surface area contributed by atoms with Crippen molar-refractivity contribution in [1.29, 1.82) is 0 Å². The highest BCUT2D eigenvalue weighted by molar-refractivity contribution is 7.21. The third-order valence-electron chi connectivity index (χ3n) is 3.43. The van der Waals surface area contributed by atoms with Crippen LogP contribution < -0.4 is 0 Å². The van der Waals surface area contributed by atoms with E-state index in [0.717, 1.165) is 36.0 Å². The zero-order chi connectivity index (χ0) is 13.4. The van der Waals surface area contributed by atoms with E-state index >= 15 is 0 Å². The van der Waals surface area contributed by atoms with Crippen LogP contribution in [0.3, 0.4) is 0 Å². The number of fused-ring (bicyclic) bond motifs is 1. The van der Waals surface area contributed by atoms with E-state index in [9.17, 15) is 9.18 Å². The summed E-state index contributed by atoms with van der Waals surface area (Å²) >= 11 is 7.54. The van der Waals surface area contributed by atoms with Gasteiger partial charge in [-0.25, -0.2) is 4.39 Å². The highest BCUT2D eigenvalue weighted by Gasteiger charge is 2.23. The number of thiophene rings is 1. The van der Waals surface area contributed by atoms with E-state index in [2.05, 4.69) is 0 Å². The second-order valence-electron chi connectivity index (χ2n) is 4.74. The topological polar surface area (TPSA) is 20.3 Å². The predicted molar refractivity (Wildman–Crippen MR) is 76.5 cm³/mol. The fourth-order valence-corrected chi connectivity index (χ4v) is 3.92. The molecule has 2 nitrogen and oxygen atoms in total. The molecule has 0 aliphatic carbocycles. The Morgan fingerprint density at radius 1 is 1.26 bits per heavy atom. The normalized spacial score (nSPS) is 16.0. The van der Waals surface area contributed by atoms with Crippen molar-refractivity contribution in [2.24, 2.45) is 0 Å². The van der Waals surface area contributed by atoms with Crippen LogP contribution in [0.1, 0.15) is 28.9 Å². The van der Waals surface area contributed by atoms with E-state index in [1.54, 1.807) is 6.07 Å². The summed E-state index contributed by atoms with van der Waals surface area (Å²) in [7, 11) is 0. The first-order chi connectivity index (χ1) is 9.16. The van der Waals surface area contributed by atoms with E-state index < -0.39 is 0 Å². The number of carbonyl (C=O) groups is 1. The maximum atomic E-state index is 13.2. The maximum Gasteiger partial charge on any atom is 0.265 e. The van der Waals surface area contributed by atoms with Crippen molar-refractivity contribution in [1.82, 2.24) is 4.90 Å². The molecule has 100 valence electrons. The third kappa shape index (κ3) is 2.35. The Morgan fingerprint density at radius 2 is 2.00 bits per heavy atom. The summed E-state index contributed by atoms with van der Waals surface area (Å²) < 4.78 is 13.9. The SMILES string of the molecule is O=C(c1sc2cc(F)ccc2c1Cl)N1CCCCC1. The lowest BCUT2D eigenvalue weighted by molar-refractivity contribution is 0.0729. The van der Waals surface area contributed by atoms with Gasteiger partial charge in [0.05, 0.1) is 5.02 Å². The first-order valence-electron chi connectivity index (χ1n) is 6.33. The standard InChI is InChI=1S/C14H13ClFNOS/c15-12-10-5-4-9(16)8-11(10)19-13(12)14(18)17-6-2-1-3-7-17/h4-5,8H,1-3,6-7H2. The Hall–Kier alpha value is -1.13. The van der Waals surface area contributed by atoms with Crippen molar-refractivity contribution >= 4 is 38.9 Å². The maximum absolute atomic E-state index is 13.2. The molecular weight excluding hydrogens is 285 g/mol. The van der Waals surface area contributed by atoms with E-state index in [-0.39, 0.29) is 11.7 Å². The number of hydrogen-bond acceptors (Lipinski definition) is 2. The molecule has 0 bridgehead atoms. The van der Waals surface area contributed by atoms with Crippen LogP contribution in [0.2, 0.25) is 5.02 Å². The van der Waals surface area contributed by atoms with Crippen LogP contribution >= 0.6 is 22.9 Å². The lowest BCUT2D eigenvalue weighted by Crippen LogP contribution is -2.35.